The van der Waals surface area contributed by atoms with Gasteiger partial charge in [-0.05, 0) is 80.0 Å². The SMILES string of the molecule is COc1cc(/C=C/C(=O)Nc2ccccc2COc2ccc(OC3CCNCC3)cc2)ccc1O. The number of carbonyl (C=O) groups excluding carboxylic acids is 1. The van der Waals surface area contributed by atoms with E-state index in [9.17, 15) is 9.90 Å². The summed E-state index contributed by atoms with van der Waals surface area (Å²) >= 11 is 0. The van der Waals surface area contributed by atoms with Crippen molar-refractivity contribution in [2.24, 2.45) is 0 Å². The molecule has 0 unspecified atom stereocenters. The molecule has 1 amide bonds. The van der Waals surface area contributed by atoms with Crippen molar-refractivity contribution in [2.75, 3.05) is 25.5 Å². The first-order chi connectivity index (χ1) is 17.1. The second-order valence-electron chi connectivity index (χ2n) is 8.24. The molecule has 3 aromatic carbocycles. The second-order valence-corrected chi connectivity index (χ2v) is 8.24. The standard InChI is InChI=1S/C28H30N2O5/c1-33-27-18-20(6-12-26(27)31)7-13-28(32)30-25-5-3-2-4-21(25)19-34-22-8-10-23(11-9-22)35-24-14-16-29-17-15-24/h2-13,18,24,29,31H,14-17,19H2,1H3,(H,30,32)/b13-7+. The van der Waals surface area contributed by atoms with Gasteiger partial charge in [0.05, 0.1) is 7.11 Å². The maximum absolute atomic E-state index is 12.5. The minimum absolute atomic E-state index is 0.0481. The lowest BCUT2D eigenvalue weighted by atomic mass is 10.1. The number of methoxy groups -OCH3 is 1. The molecule has 4 rings (SSSR count). The number of rotatable bonds is 9. The molecule has 7 nitrogen and oxygen atoms in total. The molecule has 0 atom stereocenters. The first kappa shape index (κ1) is 24.2. The van der Waals surface area contributed by atoms with Crippen molar-refractivity contribution in [3.63, 3.8) is 0 Å². The maximum Gasteiger partial charge on any atom is 0.248 e. The molecule has 7 heteroatoms. The van der Waals surface area contributed by atoms with Crippen LogP contribution in [0.5, 0.6) is 23.0 Å². The number of hydrogen-bond donors (Lipinski definition) is 3. The highest BCUT2D eigenvalue weighted by atomic mass is 16.5. The van der Waals surface area contributed by atoms with Gasteiger partial charge < -0.3 is 30.0 Å². The molecule has 1 saturated heterocycles. The largest absolute Gasteiger partial charge is 0.504 e. The molecule has 0 spiro atoms. The zero-order valence-electron chi connectivity index (χ0n) is 19.7. The Hall–Kier alpha value is -3.97. The van der Waals surface area contributed by atoms with Crippen LogP contribution in [0.25, 0.3) is 6.08 Å². The Labute approximate surface area is 205 Å². The molecule has 0 radical (unpaired) electrons. The first-order valence-corrected chi connectivity index (χ1v) is 11.6. The summed E-state index contributed by atoms with van der Waals surface area (Å²) in [4.78, 5) is 12.5. The van der Waals surface area contributed by atoms with Gasteiger partial charge in [-0.15, -0.1) is 0 Å². The Morgan fingerprint density at radius 2 is 1.80 bits per heavy atom. The van der Waals surface area contributed by atoms with Crippen LogP contribution >= 0.6 is 0 Å². The van der Waals surface area contributed by atoms with E-state index in [4.69, 9.17) is 14.2 Å². The van der Waals surface area contributed by atoms with E-state index in [1.807, 2.05) is 48.5 Å². The van der Waals surface area contributed by atoms with Crippen molar-refractivity contribution in [1.82, 2.24) is 5.32 Å². The monoisotopic (exact) mass is 474 g/mol. The lowest BCUT2D eigenvalue weighted by Gasteiger charge is -2.23. The summed E-state index contributed by atoms with van der Waals surface area (Å²) in [5.41, 5.74) is 2.27. The molecule has 1 heterocycles. The fraction of sp³-hybridized carbons (Fsp3) is 0.250. The number of benzene rings is 3. The van der Waals surface area contributed by atoms with Crippen LogP contribution in [-0.4, -0.2) is 37.3 Å². The van der Waals surface area contributed by atoms with Crippen LogP contribution in [0.3, 0.4) is 0 Å². The molecule has 0 aliphatic carbocycles. The van der Waals surface area contributed by atoms with Gasteiger partial charge in [0.1, 0.15) is 24.2 Å². The summed E-state index contributed by atoms with van der Waals surface area (Å²) in [6, 6.07) is 20.0. The third kappa shape index (κ3) is 7.01. The number of phenolic OH excluding ortho intramolecular Hbond substituents is 1. The zero-order valence-corrected chi connectivity index (χ0v) is 19.7. The molecule has 1 fully saturated rings. The fourth-order valence-electron chi connectivity index (χ4n) is 3.79. The molecular weight excluding hydrogens is 444 g/mol. The van der Waals surface area contributed by atoms with Crippen molar-refractivity contribution < 1.29 is 24.1 Å². The Morgan fingerprint density at radius 3 is 2.57 bits per heavy atom. The minimum Gasteiger partial charge on any atom is -0.504 e. The number of carbonyl (C=O) groups is 1. The van der Waals surface area contributed by atoms with E-state index in [2.05, 4.69) is 10.6 Å². The van der Waals surface area contributed by atoms with Crippen LogP contribution in [-0.2, 0) is 11.4 Å². The Bertz CT molecular complexity index is 1150. The van der Waals surface area contributed by atoms with Gasteiger partial charge in [0.2, 0.25) is 5.91 Å². The highest BCUT2D eigenvalue weighted by molar-refractivity contribution is 6.02. The van der Waals surface area contributed by atoms with E-state index in [1.54, 1.807) is 18.2 Å². The van der Waals surface area contributed by atoms with Gasteiger partial charge in [0.25, 0.3) is 0 Å². The van der Waals surface area contributed by atoms with Gasteiger partial charge in [-0.25, -0.2) is 0 Å². The number of piperidine rings is 1. The van der Waals surface area contributed by atoms with E-state index >= 15 is 0 Å². The lowest BCUT2D eigenvalue weighted by Crippen LogP contribution is -2.34. The van der Waals surface area contributed by atoms with Gasteiger partial charge in [-0.1, -0.05) is 24.3 Å². The molecule has 1 aliphatic rings. The molecule has 35 heavy (non-hydrogen) atoms. The van der Waals surface area contributed by atoms with E-state index in [1.165, 1.54) is 19.3 Å². The number of anilines is 1. The summed E-state index contributed by atoms with van der Waals surface area (Å²) < 4.78 is 17.1. The highest BCUT2D eigenvalue weighted by Gasteiger charge is 2.14. The highest BCUT2D eigenvalue weighted by Crippen LogP contribution is 2.27. The summed E-state index contributed by atoms with van der Waals surface area (Å²) in [6.07, 6.45) is 5.37. The number of ether oxygens (including phenoxy) is 3. The van der Waals surface area contributed by atoms with Crippen LogP contribution in [0.2, 0.25) is 0 Å². The van der Waals surface area contributed by atoms with Crippen LogP contribution in [0.4, 0.5) is 5.69 Å². The van der Waals surface area contributed by atoms with Gasteiger partial charge >= 0.3 is 0 Å². The van der Waals surface area contributed by atoms with Crippen molar-refractivity contribution >= 4 is 17.7 Å². The van der Waals surface area contributed by atoms with Crippen molar-refractivity contribution in [3.05, 3.63) is 83.9 Å². The number of para-hydroxylation sites is 1. The van der Waals surface area contributed by atoms with Gasteiger partial charge in [-0.3, -0.25) is 4.79 Å². The average Bonchev–Trinajstić information content (AvgIpc) is 2.89. The molecular formula is C28H30N2O5. The van der Waals surface area contributed by atoms with Gasteiger partial charge in [-0.2, -0.15) is 0 Å². The fourth-order valence-corrected chi connectivity index (χ4v) is 3.79. The molecule has 3 aromatic rings. The summed E-state index contributed by atoms with van der Waals surface area (Å²) in [5.74, 6) is 1.69. The Morgan fingerprint density at radius 1 is 1.06 bits per heavy atom. The molecule has 0 saturated carbocycles. The summed E-state index contributed by atoms with van der Waals surface area (Å²) in [5, 5.41) is 15.9. The molecule has 3 N–H and O–H groups in total. The second kappa shape index (κ2) is 11.9. The maximum atomic E-state index is 12.5. The van der Waals surface area contributed by atoms with Crippen LogP contribution in [0.1, 0.15) is 24.0 Å². The third-order valence-electron chi connectivity index (χ3n) is 5.71. The Balaban J connectivity index is 1.32. The smallest absolute Gasteiger partial charge is 0.248 e. The van der Waals surface area contributed by atoms with Crippen molar-refractivity contribution in [2.45, 2.75) is 25.6 Å². The first-order valence-electron chi connectivity index (χ1n) is 11.6. The van der Waals surface area contributed by atoms with Gasteiger partial charge in [0.15, 0.2) is 11.5 Å². The summed E-state index contributed by atoms with van der Waals surface area (Å²) in [6.45, 7) is 2.29. The van der Waals surface area contributed by atoms with Crippen molar-refractivity contribution in [3.8, 4) is 23.0 Å². The van der Waals surface area contributed by atoms with Gasteiger partial charge in [0, 0.05) is 17.3 Å². The van der Waals surface area contributed by atoms with Crippen LogP contribution in [0.15, 0.2) is 72.8 Å². The normalized spacial score (nSPS) is 14.0. The molecule has 1 aliphatic heterocycles. The van der Waals surface area contributed by atoms with Crippen LogP contribution < -0.4 is 24.8 Å². The van der Waals surface area contributed by atoms with E-state index in [0.29, 0.717) is 18.0 Å². The predicted octanol–water partition coefficient (Wildman–Crippen LogP) is 4.76. The van der Waals surface area contributed by atoms with Crippen molar-refractivity contribution in [1.29, 1.82) is 0 Å². The number of phenols is 1. The number of amides is 1. The Kier molecular flexibility index (Phi) is 8.25. The summed E-state index contributed by atoms with van der Waals surface area (Å²) in [7, 11) is 1.48. The molecule has 0 bridgehead atoms. The number of hydrogen-bond acceptors (Lipinski definition) is 6. The topological polar surface area (TPSA) is 89.1 Å². The minimum atomic E-state index is -0.274. The van der Waals surface area contributed by atoms with Crippen LogP contribution in [0, 0.1) is 0 Å². The van der Waals surface area contributed by atoms with E-state index in [-0.39, 0.29) is 17.8 Å². The van der Waals surface area contributed by atoms with E-state index in [0.717, 1.165) is 48.6 Å². The number of nitrogens with one attached hydrogen (secondary N) is 2. The lowest BCUT2D eigenvalue weighted by molar-refractivity contribution is -0.111. The van der Waals surface area contributed by atoms with E-state index < -0.39 is 0 Å². The predicted molar refractivity (Wildman–Crippen MR) is 136 cm³/mol. The molecule has 182 valence electrons. The number of aromatic hydroxyl groups is 1. The third-order valence-corrected chi connectivity index (χ3v) is 5.71. The quantitative estimate of drug-likeness (QED) is 0.388. The molecule has 0 aromatic heterocycles. The average molecular weight is 475 g/mol. The zero-order chi connectivity index (χ0) is 24.5.